The number of hydrogen-bond donors (Lipinski definition) is 3. The molecular formula is C6H12O10P2. The van der Waals surface area contributed by atoms with Crippen LogP contribution in [0.3, 0.4) is 0 Å². The van der Waals surface area contributed by atoms with E-state index in [1.54, 1.807) is 0 Å². The Hall–Kier alpha value is -0.440. The average Bonchev–Trinajstić information content (AvgIpc) is 2.14. The van der Waals surface area contributed by atoms with Gasteiger partial charge in [0, 0.05) is 6.42 Å². The molecule has 0 aromatic heterocycles. The van der Waals surface area contributed by atoms with Crippen molar-refractivity contribution in [1.29, 1.82) is 0 Å². The second-order valence-electron chi connectivity index (χ2n) is 3.51. The molecule has 0 heterocycles. The Balaban J connectivity index is 4.35. The molecule has 0 aromatic carbocycles. The van der Waals surface area contributed by atoms with Crippen molar-refractivity contribution in [3.05, 3.63) is 0 Å². The molecule has 0 fully saturated rings. The smallest absolute Gasteiger partial charge is 0.587 e. The van der Waals surface area contributed by atoms with Crippen LogP contribution in [0.2, 0.25) is 0 Å². The highest BCUT2D eigenvalue weighted by Crippen LogP contribution is 2.66. The van der Waals surface area contributed by atoms with Crippen molar-refractivity contribution < 1.29 is 48.5 Å². The Labute approximate surface area is 102 Å². The summed E-state index contributed by atoms with van der Waals surface area (Å²) in [5.74, 6) is -1.27. The lowest BCUT2D eigenvalue weighted by Gasteiger charge is -2.20. The predicted molar refractivity (Wildman–Crippen MR) is 53.5 cm³/mol. The molecule has 0 spiro atoms. The molecule has 0 saturated carbocycles. The predicted octanol–water partition coefficient (Wildman–Crippen LogP) is 0.251. The van der Waals surface area contributed by atoms with Gasteiger partial charge in [0.05, 0.1) is 18.6 Å². The van der Waals surface area contributed by atoms with Gasteiger partial charge in [0.1, 0.15) is 0 Å². The molecule has 0 rings (SSSR count). The lowest BCUT2D eigenvalue weighted by molar-refractivity contribution is -0.442. The largest absolute Gasteiger partial charge is 0.596 e. The van der Waals surface area contributed by atoms with E-state index in [1.165, 1.54) is 6.92 Å². The lowest BCUT2D eigenvalue weighted by atomic mass is 9.99. The molecule has 10 nitrogen and oxygen atoms in total. The van der Waals surface area contributed by atoms with Crippen LogP contribution in [0.5, 0.6) is 0 Å². The van der Waals surface area contributed by atoms with Gasteiger partial charge in [-0.3, -0.25) is 9.32 Å². The van der Waals surface area contributed by atoms with Gasteiger partial charge in [-0.15, -0.1) is 0 Å². The minimum Gasteiger partial charge on any atom is -0.587 e. The maximum absolute atomic E-state index is 11.3. The second kappa shape index (κ2) is 7.22. The van der Waals surface area contributed by atoms with Crippen LogP contribution >= 0.6 is 15.0 Å². The molecule has 0 radical (unpaired) electrons. The number of aliphatic hydroxyl groups is 1. The summed E-state index contributed by atoms with van der Waals surface area (Å²) in [6.45, 7) is 0.597. The molecule has 0 aliphatic heterocycles. The van der Waals surface area contributed by atoms with E-state index in [2.05, 4.69) is 14.2 Å². The highest BCUT2D eigenvalue weighted by atomic mass is 32.1. The first kappa shape index (κ1) is 17.6. The van der Waals surface area contributed by atoms with Crippen molar-refractivity contribution in [2.45, 2.75) is 25.4 Å². The summed E-state index contributed by atoms with van der Waals surface area (Å²) in [6.07, 6.45) is -0.928. The summed E-state index contributed by atoms with van der Waals surface area (Å²) in [7, 11) is -8.38. The molecule has 0 saturated heterocycles. The first-order valence-corrected chi connectivity index (χ1v) is 7.89. The van der Waals surface area contributed by atoms with E-state index in [0.717, 1.165) is 0 Å². The summed E-state index contributed by atoms with van der Waals surface area (Å²) >= 11 is 0. The van der Waals surface area contributed by atoms with Crippen LogP contribution in [0.1, 0.15) is 19.8 Å². The van der Waals surface area contributed by atoms with Gasteiger partial charge < -0.3 is 15.1 Å². The Morgan fingerprint density at radius 2 is 2.11 bits per heavy atom. The molecule has 3 unspecified atom stereocenters. The van der Waals surface area contributed by atoms with Crippen molar-refractivity contribution in [2.24, 2.45) is 0 Å². The fourth-order valence-electron chi connectivity index (χ4n) is 0.933. The standard InChI is InChI=1S/C6H12O10P2/c1-6(9,4-5(7)8)2-3-14-18(13,16-15-10)17(11)12/h9-10H,2-4H2,1H3,(H,7,8). The monoisotopic (exact) mass is 306 g/mol. The Kier molecular flexibility index (Phi) is 7.05. The quantitative estimate of drug-likeness (QED) is 0.305. The third-order valence-corrected chi connectivity index (χ3v) is 4.66. The molecule has 3 N–H and O–H groups in total. The molecule has 0 aliphatic rings. The molecule has 0 aliphatic carbocycles. The average molecular weight is 306 g/mol. The Bertz CT molecular complexity index is 352. The first-order chi connectivity index (χ1) is 8.13. The van der Waals surface area contributed by atoms with Crippen molar-refractivity contribution >= 4 is 21.0 Å². The van der Waals surface area contributed by atoms with Gasteiger partial charge in [0.25, 0.3) is 0 Å². The maximum Gasteiger partial charge on any atom is 0.596 e. The topological polar surface area (TPSA) is 163 Å². The van der Waals surface area contributed by atoms with E-state index < -0.39 is 39.6 Å². The van der Waals surface area contributed by atoms with Crippen LogP contribution in [0.25, 0.3) is 0 Å². The van der Waals surface area contributed by atoms with Crippen molar-refractivity contribution in [2.75, 3.05) is 6.61 Å². The molecule has 3 atom stereocenters. The normalized spacial score (nSPS) is 18.8. The summed E-state index contributed by atoms with van der Waals surface area (Å²) < 4.78 is 29.7. The lowest BCUT2D eigenvalue weighted by Crippen LogP contribution is -2.29. The molecule has 0 bridgehead atoms. The SMILES string of the molecule is CC(O)(CCOP(=O)(OOO)[P+](=O)[O-])CC(=O)O. The minimum absolute atomic E-state index is 0.318. The fraction of sp³-hybridized carbons (Fsp3) is 0.833. The minimum atomic E-state index is -4.69. The van der Waals surface area contributed by atoms with Gasteiger partial charge in [-0.05, 0) is 6.92 Å². The van der Waals surface area contributed by atoms with Crippen molar-refractivity contribution in [3.63, 3.8) is 0 Å². The van der Waals surface area contributed by atoms with Gasteiger partial charge in [0.2, 0.25) is 0 Å². The molecule has 12 heteroatoms. The zero-order chi connectivity index (χ0) is 14.4. The van der Waals surface area contributed by atoms with Gasteiger partial charge in [-0.25, -0.2) is 9.82 Å². The Morgan fingerprint density at radius 1 is 1.56 bits per heavy atom. The molecule has 18 heavy (non-hydrogen) atoms. The van der Waals surface area contributed by atoms with Crippen LogP contribution in [0, 0.1) is 0 Å². The highest BCUT2D eigenvalue weighted by molar-refractivity contribution is 8.20. The van der Waals surface area contributed by atoms with Gasteiger partial charge >= 0.3 is 21.0 Å². The van der Waals surface area contributed by atoms with Crippen LogP contribution < -0.4 is 4.89 Å². The summed E-state index contributed by atoms with van der Waals surface area (Å²) in [5.41, 5.74) is -1.68. The van der Waals surface area contributed by atoms with E-state index in [-0.39, 0.29) is 6.42 Å². The summed E-state index contributed by atoms with van der Waals surface area (Å²) in [4.78, 5) is 20.9. The van der Waals surface area contributed by atoms with Crippen molar-refractivity contribution in [3.8, 4) is 0 Å². The third kappa shape index (κ3) is 6.48. The van der Waals surface area contributed by atoms with E-state index in [0.29, 0.717) is 0 Å². The first-order valence-electron chi connectivity index (χ1n) is 4.46. The number of rotatable bonds is 9. The number of carboxylic acid groups (broad SMARTS) is 1. The van der Waals surface area contributed by atoms with Crippen molar-refractivity contribution in [1.82, 2.24) is 0 Å². The number of hydrogen-bond acceptors (Lipinski definition) is 9. The molecule has 106 valence electrons. The number of carboxylic acids is 1. The number of aliphatic carboxylic acids is 1. The van der Waals surface area contributed by atoms with E-state index in [4.69, 9.17) is 10.4 Å². The fourth-order valence-corrected chi connectivity index (χ4v) is 2.31. The molecule has 0 aromatic rings. The zero-order valence-electron chi connectivity index (χ0n) is 9.22. The molecular weight excluding hydrogens is 294 g/mol. The third-order valence-electron chi connectivity index (χ3n) is 1.75. The summed E-state index contributed by atoms with van der Waals surface area (Å²) in [5, 5.41) is 28.8. The van der Waals surface area contributed by atoms with Gasteiger partial charge in [-0.2, -0.15) is 0 Å². The van der Waals surface area contributed by atoms with Crippen LogP contribution in [-0.4, -0.2) is 33.6 Å². The second-order valence-corrected chi connectivity index (χ2v) is 7.78. The number of carbonyl (C=O) groups is 1. The van der Waals surface area contributed by atoms with Crippen LogP contribution in [0.15, 0.2) is 0 Å². The van der Waals surface area contributed by atoms with Crippen LogP contribution in [0.4, 0.5) is 0 Å². The molecule has 0 amide bonds. The van der Waals surface area contributed by atoms with Crippen LogP contribution in [-0.2, 0) is 28.2 Å². The highest BCUT2D eigenvalue weighted by Gasteiger charge is 2.44. The van der Waals surface area contributed by atoms with E-state index in [9.17, 15) is 23.9 Å². The maximum atomic E-state index is 11.3. The van der Waals surface area contributed by atoms with Gasteiger partial charge in [-0.1, -0.05) is 14.3 Å². The Morgan fingerprint density at radius 3 is 2.50 bits per heavy atom. The van der Waals surface area contributed by atoms with E-state index in [1.807, 2.05) is 0 Å². The summed E-state index contributed by atoms with van der Waals surface area (Å²) in [6, 6.07) is 0. The van der Waals surface area contributed by atoms with Gasteiger partial charge in [0.15, 0.2) is 0 Å². The van der Waals surface area contributed by atoms with E-state index >= 15 is 0 Å². The zero-order valence-corrected chi connectivity index (χ0v) is 11.0.